The third kappa shape index (κ3) is 5.62. The average molecular weight is 524 g/mol. The summed E-state index contributed by atoms with van der Waals surface area (Å²) in [6.45, 7) is 1.11. The van der Waals surface area contributed by atoms with Crippen LogP contribution in [-0.4, -0.2) is 82.2 Å². The number of aromatic nitrogens is 2. The molecule has 2 aliphatic heterocycles. The number of β-amino-alcohol motifs (C(OH)–C–C–N with tert-alkyl or cyclic N) is 1. The standard InChI is InChI=1S/C21H20ClF6N5O2/c22-13-3-1-12(2-4-13)18(35)32-7-5-31(6-8-32)14-10-33(11-15(14)34)19-29-16(20(23,24)25)9-17(30-19)21(26,27)28/h1-4,9,14-15,34H,5-8,10-11H2. The molecular formula is C21H20ClF6N5O2. The Kier molecular flexibility index (Phi) is 6.86. The molecule has 0 saturated carbocycles. The van der Waals surface area contributed by atoms with E-state index in [4.69, 9.17) is 11.6 Å². The highest BCUT2D eigenvalue weighted by Gasteiger charge is 2.43. The van der Waals surface area contributed by atoms with E-state index in [-0.39, 0.29) is 25.1 Å². The van der Waals surface area contributed by atoms with Crippen molar-refractivity contribution in [2.24, 2.45) is 0 Å². The van der Waals surface area contributed by atoms with Gasteiger partial charge in [0.2, 0.25) is 5.95 Å². The van der Waals surface area contributed by atoms with Gasteiger partial charge in [-0.1, -0.05) is 11.6 Å². The maximum atomic E-state index is 13.1. The third-order valence-corrected chi connectivity index (χ3v) is 6.25. The molecule has 1 amide bonds. The fraction of sp³-hybridized carbons (Fsp3) is 0.476. The van der Waals surface area contributed by atoms with Gasteiger partial charge in [0.1, 0.15) is 0 Å². The van der Waals surface area contributed by atoms with Crippen LogP contribution in [0.25, 0.3) is 0 Å². The van der Waals surface area contributed by atoms with Gasteiger partial charge in [0.25, 0.3) is 5.91 Å². The van der Waals surface area contributed by atoms with Gasteiger partial charge in [-0.25, -0.2) is 9.97 Å². The molecule has 0 spiro atoms. The minimum absolute atomic E-state index is 0.0646. The van der Waals surface area contributed by atoms with E-state index >= 15 is 0 Å². The quantitative estimate of drug-likeness (QED) is 0.623. The maximum Gasteiger partial charge on any atom is 0.433 e. The monoisotopic (exact) mass is 523 g/mol. The summed E-state index contributed by atoms with van der Waals surface area (Å²) in [4.78, 5) is 23.8. The molecule has 2 atom stereocenters. The number of anilines is 1. The smallest absolute Gasteiger partial charge is 0.390 e. The van der Waals surface area contributed by atoms with Crippen LogP contribution in [0.1, 0.15) is 21.7 Å². The molecule has 0 aliphatic carbocycles. The zero-order valence-corrected chi connectivity index (χ0v) is 18.8. The lowest BCUT2D eigenvalue weighted by Gasteiger charge is -2.38. The number of nitrogens with zero attached hydrogens (tertiary/aromatic N) is 5. The first-order valence-corrected chi connectivity index (χ1v) is 11.0. The molecule has 14 heteroatoms. The van der Waals surface area contributed by atoms with Crippen LogP contribution in [-0.2, 0) is 12.4 Å². The van der Waals surface area contributed by atoms with E-state index in [0.717, 1.165) is 4.90 Å². The fourth-order valence-corrected chi connectivity index (χ4v) is 4.32. The van der Waals surface area contributed by atoms with Gasteiger partial charge in [-0.15, -0.1) is 0 Å². The minimum atomic E-state index is -5.09. The van der Waals surface area contributed by atoms with Crippen LogP contribution in [0.4, 0.5) is 32.3 Å². The number of rotatable bonds is 3. The largest absolute Gasteiger partial charge is 0.433 e. The van der Waals surface area contributed by atoms with Crippen LogP contribution in [0.5, 0.6) is 0 Å². The number of hydrogen-bond acceptors (Lipinski definition) is 6. The second kappa shape index (κ2) is 9.43. The van der Waals surface area contributed by atoms with E-state index in [0.29, 0.717) is 36.8 Å². The molecular weight excluding hydrogens is 504 g/mol. The summed E-state index contributed by atoms with van der Waals surface area (Å²) in [5.41, 5.74) is -2.94. The van der Waals surface area contributed by atoms with E-state index in [1.165, 1.54) is 0 Å². The van der Waals surface area contributed by atoms with Gasteiger partial charge >= 0.3 is 12.4 Å². The normalized spacial score (nSPS) is 22.1. The molecule has 0 bridgehead atoms. The minimum Gasteiger partial charge on any atom is -0.390 e. The highest BCUT2D eigenvalue weighted by atomic mass is 35.5. The Morgan fingerprint density at radius 2 is 1.46 bits per heavy atom. The van der Waals surface area contributed by atoms with Gasteiger partial charge in [-0.05, 0) is 30.3 Å². The molecule has 2 aromatic rings. The molecule has 0 radical (unpaired) electrons. The number of halogens is 7. The molecule has 3 heterocycles. The second-order valence-corrected chi connectivity index (χ2v) is 8.75. The molecule has 1 aromatic heterocycles. The number of carbonyl (C=O) groups excluding carboxylic acids is 1. The molecule has 1 N–H and O–H groups in total. The van der Waals surface area contributed by atoms with Crippen LogP contribution >= 0.6 is 11.6 Å². The van der Waals surface area contributed by atoms with E-state index in [1.54, 1.807) is 29.2 Å². The lowest BCUT2D eigenvalue weighted by molar-refractivity contribution is -0.147. The first-order chi connectivity index (χ1) is 16.3. The third-order valence-electron chi connectivity index (χ3n) is 6.00. The number of aliphatic hydroxyl groups is 1. The topological polar surface area (TPSA) is 72.8 Å². The van der Waals surface area contributed by atoms with Crippen LogP contribution in [0, 0.1) is 0 Å². The van der Waals surface area contributed by atoms with Crippen LogP contribution in [0.3, 0.4) is 0 Å². The van der Waals surface area contributed by atoms with Crippen LogP contribution < -0.4 is 4.90 Å². The summed E-state index contributed by atoms with van der Waals surface area (Å²) >= 11 is 5.85. The molecule has 2 aliphatic rings. The van der Waals surface area contributed by atoms with Crippen molar-refractivity contribution in [2.45, 2.75) is 24.5 Å². The van der Waals surface area contributed by atoms with Crippen molar-refractivity contribution in [3.63, 3.8) is 0 Å². The zero-order chi connectivity index (χ0) is 25.5. The molecule has 35 heavy (non-hydrogen) atoms. The summed E-state index contributed by atoms with van der Waals surface area (Å²) in [6, 6.07) is 5.73. The van der Waals surface area contributed by atoms with Gasteiger partial charge < -0.3 is 14.9 Å². The number of aliphatic hydroxyl groups excluding tert-OH is 1. The van der Waals surface area contributed by atoms with Gasteiger partial charge in [-0.2, -0.15) is 26.3 Å². The Morgan fingerprint density at radius 3 is 1.97 bits per heavy atom. The summed E-state index contributed by atoms with van der Waals surface area (Å²) in [7, 11) is 0. The first kappa shape index (κ1) is 25.5. The molecule has 4 rings (SSSR count). The predicted octanol–water partition coefficient (Wildman–Crippen LogP) is 3.18. The van der Waals surface area contributed by atoms with Gasteiger partial charge in [-0.3, -0.25) is 9.69 Å². The highest BCUT2D eigenvalue weighted by Crippen LogP contribution is 2.35. The number of alkyl halides is 6. The number of hydrogen-bond donors (Lipinski definition) is 1. The molecule has 2 saturated heterocycles. The van der Waals surface area contributed by atoms with Crippen molar-refractivity contribution in [1.29, 1.82) is 0 Å². The number of amides is 1. The summed E-state index contributed by atoms with van der Waals surface area (Å²) < 4.78 is 78.8. The summed E-state index contributed by atoms with van der Waals surface area (Å²) in [5.74, 6) is -0.933. The predicted molar refractivity (Wildman–Crippen MR) is 113 cm³/mol. The summed E-state index contributed by atoms with van der Waals surface area (Å²) in [5, 5.41) is 11.0. The molecule has 7 nitrogen and oxygen atoms in total. The van der Waals surface area contributed by atoms with Crippen molar-refractivity contribution >= 4 is 23.5 Å². The Balaban J connectivity index is 1.45. The SMILES string of the molecule is O=C(c1ccc(Cl)cc1)N1CCN(C2CN(c3nc(C(F)(F)F)cc(C(F)(F)F)n3)CC2O)CC1. The maximum absolute atomic E-state index is 13.1. The van der Waals surface area contributed by atoms with E-state index in [9.17, 15) is 36.2 Å². The van der Waals surface area contributed by atoms with Crippen molar-refractivity contribution in [1.82, 2.24) is 19.8 Å². The van der Waals surface area contributed by atoms with E-state index in [1.807, 2.05) is 4.90 Å². The Bertz CT molecular complexity index is 1040. The Hall–Kier alpha value is -2.64. The molecule has 2 fully saturated rings. The van der Waals surface area contributed by atoms with Gasteiger partial charge in [0.05, 0.1) is 12.1 Å². The Labute approximate surface area is 200 Å². The number of carbonyl (C=O) groups is 1. The first-order valence-electron chi connectivity index (χ1n) is 10.6. The van der Waals surface area contributed by atoms with Crippen LogP contribution in [0.2, 0.25) is 5.02 Å². The summed E-state index contributed by atoms with van der Waals surface area (Å²) in [6.07, 6.45) is -11.2. The van der Waals surface area contributed by atoms with Crippen molar-refractivity contribution in [2.75, 3.05) is 44.2 Å². The fourth-order valence-electron chi connectivity index (χ4n) is 4.19. The molecule has 1 aromatic carbocycles. The van der Waals surface area contributed by atoms with Gasteiger partial charge in [0.15, 0.2) is 11.4 Å². The van der Waals surface area contributed by atoms with Crippen LogP contribution in [0.15, 0.2) is 30.3 Å². The molecule has 2 unspecified atom stereocenters. The number of benzene rings is 1. The second-order valence-electron chi connectivity index (χ2n) is 8.31. The zero-order valence-electron chi connectivity index (χ0n) is 18.0. The van der Waals surface area contributed by atoms with Gasteiger partial charge in [0, 0.05) is 49.9 Å². The van der Waals surface area contributed by atoms with Crippen molar-refractivity contribution in [3.05, 3.63) is 52.3 Å². The number of piperazine rings is 1. The lowest BCUT2D eigenvalue weighted by Crippen LogP contribution is -2.54. The van der Waals surface area contributed by atoms with E-state index in [2.05, 4.69) is 9.97 Å². The lowest BCUT2D eigenvalue weighted by atomic mass is 10.1. The van der Waals surface area contributed by atoms with Crippen molar-refractivity contribution in [3.8, 4) is 0 Å². The van der Waals surface area contributed by atoms with E-state index < -0.39 is 41.8 Å². The average Bonchev–Trinajstić information content (AvgIpc) is 3.19. The molecule has 190 valence electrons. The van der Waals surface area contributed by atoms with Crippen molar-refractivity contribution < 1.29 is 36.2 Å². The highest BCUT2D eigenvalue weighted by molar-refractivity contribution is 6.30. The Morgan fingerprint density at radius 1 is 0.914 bits per heavy atom.